The van der Waals surface area contributed by atoms with Crippen molar-refractivity contribution in [2.24, 2.45) is 34.3 Å². The van der Waals surface area contributed by atoms with Gasteiger partial charge in [0.2, 0.25) is 0 Å². The third kappa shape index (κ3) is 2.32. The first-order chi connectivity index (χ1) is 9.88. The van der Waals surface area contributed by atoms with Crippen LogP contribution in [-0.4, -0.2) is 18.6 Å². The van der Waals surface area contributed by atoms with E-state index >= 15 is 0 Å². The van der Waals surface area contributed by atoms with Gasteiger partial charge in [-0.25, -0.2) is 0 Å². The normalized spacial score (nSPS) is 44.8. The first kappa shape index (κ1) is 15.3. The Morgan fingerprint density at radius 3 is 2.29 bits per heavy atom. The van der Waals surface area contributed by atoms with E-state index in [-0.39, 0.29) is 23.4 Å². The molecule has 3 rings (SSSR count). The highest BCUT2D eigenvalue weighted by molar-refractivity contribution is 5.72. The molecule has 3 saturated carbocycles. The van der Waals surface area contributed by atoms with Crippen LogP contribution in [0.1, 0.15) is 65.7 Å². The van der Waals surface area contributed by atoms with Crippen molar-refractivity contribution in [3.05, 3.63) is 0 Å². The largest absolute Gasteiger partial charge is 0.462 e. The highest BCUT2D eigenvalue weighted by atomic mass is 16.5. The highest BCUT2D eigenvalue weighted by Crippen LogP contribution is 2.66. The molecule has 0 aliphatic heterocycles. The van der Waals surface area contributed by atoms with Crippen LogP contribution in [0.2, 0.25) is 0 Å². The number of hydrogen-bond donors (Lipinski definition) is 1. The summed E-state index contributed by atoms with van der Waals surface area (Å²) in [7, 11) is 0. The molecule has 21 heavy (non-hydrogen) atoms. The van der Waals surface area contributed by atoms with Crippen molar-refractivity contribution in [2.75, 3.05) is 6.54 Å². The molecule has 0 spiro atoms. The van der Waals surface area contributed by atoms with E-state index in [0.717, 1.165) is 44.6 Å². The van der Waals surface area contributed by atoms with Gasteiger partial charge in [-0.2, -0.15) is 0 Å². The molecule has 0 aromatic heterocycles. The number of ether oxygens (including phenoxy) is 1. The molecule has 0 amide bonds. The molecule has 120 valence electrons. The molecule has 3 aliphatic rings. The van der Waals surface area contributed by atoms with Crippen LogP contribution < -0.4 is 5.73 Å². The van der Waals surface area contributed by atoms with E-state index in [1.165, 1.54) is 12.8 Å². The van der Waals surface area contributed by atoms with Crippen molar-refractivity contribution in [2.45, 2.75) is 71.8 Å². The van der Waals surface area contributed by atoms with E-state index in [1.54, 1.807) is 0 Å². The molecule has 3 atom stereocenters. The van der Waals surface area contributed by atoms with Gasteiger partial charge in [0.05, 0.1) is 5.92 Å². The number of hydrogen-bond acceptors (Lipinski definition) is 3. The second-order valence-electron chi connectivity index (χ2n) is 8.49. The van der Waals surface area contributed by atoms with E-state index < -0.39 is 0 Å². The Hall–Kier alpha value is -0.570. The lowest BCUT2D eigenvalue weighted by atomic mass is 9.70. The van der Waals surface area contributed by atoms with Gasteiger partial charge < -0.3 is 10.5 Å². The number of carbonyl (C=O) groups is 1. The monoisotopic (exact) mass is 293 g/mol. The first-order valence-electron chi connectivity index (χ1n) is 8.79. The Labute approximate surface area is 129 Å². The van der Waals surface area contributed by atoms with Crippen molar-refractivity contribution < 1.29 is 9.53 Å². The third-order valence-electron chi connectivity index (χ3n) is 7.49. The molecule has 0 saturated heterocycles. The number of carbonyl (C=O) groups excluding carboxylic acids is 1. The molecule has 3 unspecified atom stereocenters. The van der Waals surface area contributed by atoms with E-state index in [0.29, 0.717) is 11.3 Å². The summed E-state index contributed by atoms with van der Waals surface area (Å²) in [4.78, 5) is 12.5. The Bertz CT molecular complexity index is 411. The van der Waals surface area contributed by atoms with Gasteiger partial charge in [-0.3, -0.25) is 4.79 Å². The molecule has 3 heteroatoms. The molecule has 3 nitrogen and oxygen atoms in total. The van der Waals surface area contributed by atoms with Gasteiger partial charge in [0.15, 0.2) is 0 Å². The lowest BCUT2D eigenvalue weighted by Gasteiger charge is -2.39. The topological polar surface area (TPSA) is 52.3 Å². The summed E-state index contributed by atoms with van der Waals surface area (Å²) in [6.07, 6.45) is 7.85. The van der Waals surface area contributed by atoms with E-state index in [9.17, 15) is 4.79 Å². The van der Waals surface area contributed by atoms with E-state index in [4.69, 9.17) is 10.5 Å². The zero-order valence-corrected chi connectivity index (χ0v) is 13.9. The smallest absolute Gasteiger partial charge is 0.309 e. The minimum atomic E-state index is 0.0695. The molecule has 3 aliphatic carbocycles. The molecule has 0 aromatic carbocycles. The average molecular weight is 293 g/mol. The van der Waals surface area contributed by atoms with Gasteiger partial charge in [-0.1, -0.05) is 20.8 Å². The molecule has 2 N–H and O–H groups in total. The summed E-state index contributed by atoms with van der Waals surface area (Å²) >= 11 is 0. The Morgan fingerprint density at radius 2 is 1.81 bits per heavy atom. The minimum Gasteiger partial charge on any atom is -0.462 e. The summed E-state index contributed by atoms with van der Waals surface area (Å²) in [6, 6.07) is 0. The van der Waals surface area contributed by atoms with Crippen molar-refractivity contribution in [3.8, 4) is 0 Å². The van der Waals surface area contributed by atoms with Gasteiger partial charge in [-0.05, 0) is 68.7 Å². The second-order valence-corrected chi connectivity index (χ2v) is 8.49. The maximum atomic E-state index is 12.5. The number of esters is 1. The van der Waals surface area contributed by atoms with Crippen LogP contribution in [0.4, 0.5) is 0 Å². The number of fused-ring (bicyclic) bond motifs is 2. The van der Waals surface area contributed by atoms with E-state index in [2.05, 4.69) is 20.8 Å². The predicted molar refractivity (Wildman–Crippen MR) is 83.6 cm³/mol. The van der Waals surface area contributed by atoms with Gasteiger partial charge in [-0.15, -0.1) is 0 Å². The zero-order chi connectivity index (χ0) is 15.3. The maximum Gasteiger partial charge on any atom is 0.309 e. The molecular formula is C18H31NO2. The Balaban J connectivity index is 1.59. The molecule has 2 bridgehead atoms. The van der Waals surface area contributed by atoms with Crippen molar-refractivity contribution >= 4 is 5.97 Å². The summed E-state index contributed by atoms with van der Waals surface area (Å²) in [5.74, 6) is 1.54. The highest BCUT2D eigenvalue weighted by Gasteiger charge is 2.63. The van der Waals surface area contributed by atoms with Gasteiger partial charge in [0.1, 0.15) is 6.10 Å². The van der Waals surface area contributed by atoms with Crippen LogP contribution in [0.25, 0.3) is 0 Å². The summed E-state index contributed by atoms with van der Waals surface area (Å²) in [5, 5.41) is 0. The van der Waals surface area contributed by atoms with E-state index in [1.807, 2.05) is 0 Å². The van der Waals surface area contributed by atoms with Crippen LogP contribution in [0.3, 0.4) is 0 Å². The molecule has 0 heterocycles. The predicted octanol–water partition coefficient (Wildman–Crippen LogP) is 3.51. The summed E-state index contributed by atoms with van der Waals surface area (Å²) in [5.41, 5.74) is 6.23. The third-order valence-corrected chi connectivity index (χ3v) is 7.49. The van der Waals surface area contributed by atoms with Gasteiger partial charge in [0, 0.05) is 5.41 Å². The average Bonchev–Trinajstić information content (AvgIpc) is 2.80. The fraction of sp³-hybridized carbons (Fsp3) is 0.944. The van der Waals surface area contributed by atoms with Crippen LogP contribution in [0, 0.1) is 28.6 Å². The molecule has 0 radical (unpaired) electrons. The Kier molecular flexibility index (Phi) is 3.84. The van der Waals surface area contributed by atoms with Gasteiger partial charge in [0.25, 0.3) is 0 Å². The zero-order valence-electron chi connectivity index (χ0n) is 13.9. The molecular weight excluding hydrogens is 262 g/mol. The maximum absolute atomic E-state index is 12.5. The quantitative estimate of drug-likeness (QED) is 0.810. The number of rotatable bonds is 3. The fourth-order valence-corrected chi connectivity index (χ4v) is 5.18. The van der Waals surface area contributed by atoms with Crippen molar-refractivity contribution in [1.29, 1.82) is 0 Å². The van der Waals surface area contributed by atoms with Crippen LogP contribution in [0.15, 0.2) is 0 Å². The minimum absolute atomic E-state index is 0.0695. The van der Waals surface area contributed by atoms with Gasteiger partial charge >= 0.3 is 5.97 Å². The van der Waals surface area contributed by atoms with Crippen LogP contribution in [0.5, 0.6) is 0 Å². The fourth-order valence-electron chi connectivity index (χ4n) is 5.18. The molecule has 0 aromatic rings. The number of nitrogens with two attached hydrogens (primary N) is 1. The van der Waals surface area contributed by atoms with Crippen LogP contribution >= 0.6 is 0 Å². The summed E-state index contributed by atoms with van der Waals surface area (Å²) in [6.45, 7) is 7.83. The second kappa shape index (κ2) is 5.26. The van der Waals surface area contributed by atoms with Crippen LogP contribution in [-0.2, 0) is 9.53 Å². The lowest BCUT2D eigenvalue weighted by Crippen LogP contribution is -2.40. The van der Waals surface area contributed by atoms with Crippen molar-refractivity contribution in [1.82, 2.24) is 0 Å². The Morgan fingerprint density at radius 1 is 1.14 bits per heavy atom. The standard InChI is InChI=1S/C18H31NO2/c1-17(2)14-8-9-18(17,3)15(10-14)21-16(20)13-6-4-12(11-19)5-7-13/h12-15H,4-11,19H2,1-3H3. The molecule has 3 fully saturated rings. The van der Waals surface area contributed by atoms with Crippen molar-refractivity contribution in [3.63, 3.8) is 0 Å². The summed E-state index contributed by atoms with van der Waals surface area (Å²) < 4.78 is 6.02. The SMILES string of the molecule is CC1(C)C2CCC1(C)C(OC(=O)C1CCC(CN)CC1)C2. The first-order valence-corrected chi connectivity index (χ1v) is 8.79. The lowest BCUT2D eigenvalue weighted by molar-refractivity contribution is -0.163.